The number of benzene rings is 1. The normalized spacial score (nSPS) is 11.4. The second-order valence-corrected chi connectivity index (χ2v) is 4.69. The first-order valence-corrected chi connectivity index (χ1v) is 7.15. The van der Waals surface area contributed by atoms with Gasteiger partial charge in [0.1, 0.15) is 6.61 Å². The molecular weight excluding hydrogens is 313 g/mol. The summed E-state index contributed by atoms with van der Waals surface area (Å²) in [5.74, 6) is -2.63. The summed E-state index contributed by atoms with van der Waals surface area (Å²) in [4.78, 5) is 24.7. The highest BCUT2D eigenvalue weighted by atomic mass is 19.4. The van der Waals surface area contributed by atoms with E-state index >= 15 is 0 Å². The van der Waals surface area contributed by atoms with Gasteiger partial charge in [-0.25, -0.2) is 4.79 Å². The number of halogens is 3. The van der Waals surface area contributed by atoms with Crippen molar-refractivity contribution in [3.8, 4) is 0 Å². The van der Waals surface area contributed by atoms with Crippen molar-refractivity contribution in [3.05, 3.63) is 29.8 Å². The van der Waals surface area contributed by atoms with Gasteiger partial charge in [0.05, 0.1) is 5.56 Å². The van der Waals surface area contributed by atoms with Crippen LogP contribution in [0.15, 0.2) is 24.3 Å². The topological polar surface area (TPSA) is 58.6 Å². The van der Waals surface area contributed by atoms with Crippen LogP contribution in [0.2, 0.25) is 0 Å². The van der Waals surface area contributed by atoms with Crippen LogP contribution in [0.3, 0.4) is 0 Å². The second kappa shape index (κ2) is 8.52. The molecule has 0 atom stereocenters. The van der Waals surface area contributed by atoms with E-state index in [1.54, 1.807) is 5.32 Å². The van der Waals surface area contributed by atoms with Crippen molar-refractivity contribution in [3.63, 3.8) is 0 Å². The highest BCUT2D eigenvalue weighted by Crippen LogP contribution is 2.18. The number of nitrogens with zero attached hydrogens (tertiary/aromatic N) is 1. The number of hydrogen-bond acceptors (Lipinski definition) is 4. The van der Waals surface area contributed by atoms with Crippen molar-refractivity contribution in [2.75, 3.05) is 31.6 Å². The Kier molecular flexibility index (Phi) is 7.02. The number of carbonyl (C=O) groups is 2. The van der Waals surface area contributed by atoms with Crippen LogP contribution in [0.25, 0.3) is 0 Å². The molecule has 0 spiro atoms. The van der Waals surface area contributed by atoms with Gasteiger partial charge in [-0.15, -0.1) is 0 Å². The number of likely N-dealkylation sites (N-methyl/N-ethyl adjacent to an activating group) is 1. The van der Waals surface area contributed by atoms with Crippen LogP contribution >= 0.6 is 0 Å². The van der Waals surface area contributed by atoms with Gasteiger partial charge in [0.15, 0.2) is 0 Å². The van der Waals surface area contributed by atoms with Gasteiger partial charge in [-0.3, -0.25) is 4.79 Å². The molecule has 0 aliphatic carbocycles. The van der Waals surface area contributed by atoms with Crippen LogP contribution < -0.4 is 5.32 Å². The summed E-state index contributed by atoms with van der Waals surface area (Å²) in [6, 6.07) is 5.02. The molecule has 1 N–H and O–H groups in total. The average Bonchev–Trinajstić information content (AvgIpc) is 2.51. The summed E-state index contributed by atoms with van der Waals surface area (Å²) >= 11 is 0. The van der Waals surface area contributed by atoms with E-state index in [9.17, 15) is 22.8 Å². The van der Waals surface area contributed by atoms with Crippen LogP contribution in [-0.4, -0.2) is 49.2 Å². The first-order chi connectivity index (χ1) is 10.8. The Labute approximate surface area is 132 Å². The lowest BCUT2D eigenvalue weighted by Crippen LogP contribution is -2.29. The maximum Gasteiger partial charge on any atom is 0.471 e. The predicted molar refractivity (Wildman–Crippen MR) is 79.2 cm³/mol. The SMILES string of the molecule is CCN(CC)CCOC(=O)c1ccc(NC(=O)C(F)(F)F)cc1. The highest BCUT2D eigenvalue weighted by molar-refractivity contribution is 5.95. The van der Waals surface area contributed by atoms with Crippen molar-refractivity contribution in [1.29, 1.82) is 0 Å². The lowest BCUT2D eigenvalue weighted by atomic mass is 10.2. The molecule has 0 bridgehead atoms. The smallest absolute Gasteiger partial charge is 0.461 e. The van der Waals surface area contributed by atoms with E-state index in [2.05, 4.69) is 4.90 Å². The molecule has 0 fully saturated rings. The molecule has 0 aliphatic rings. The molecule has 0 unspecified atom stereocenters. The number of anilines is 1. The van der Waals surface area contributed by atoms with E-state index in [4.69, 9.17) is 4.74 Å². The molecule has 1 aromatic carbocycles. The lowest BCUT2D eigenvalue weighted by Gasteiger charge is -2.17. The van der Waals surface area contributed by atoms with E-state index in [1.807, 2.05) is 13.8 Å². The molecule has 128 valence electrons. The monoisotopic (exact) mass is 332 g/mol. The number of esters is 1. The van der Waals surface area contributed by atoms with Crippen LogP contribution in [0, 0.1) is 0 Å². The number of alkyl halides is 3. The van der Waals surface area contributed by atoms with Crippen LogP contribution in [0.4, 0.5) is 18.9 Å². The summed E-state index contributed by atoms with van der Waals surface area (Å²) in [7, 11) is 0. The fourth-order valence-electron chi connectivity index (χ4n) is 1.78. The average molecular weight is 332 g/mol. The van der Waals surface area contributed by atoms with Crippen LogP contribution in [-0.2, 0) is 9.53 Å². The third-order valence-corrected chi connectivity index (χ3v) is 3.17. The van der Waals surface area contributed by atoms with Gasteiger partial charge in [0.25, 0.3) is 0 Å². The standard InChI is InChI=1S/C15H19F3N2O3/c1-3-20(4-2)9-10-23-13(21)11-5-7-12(8-6-11)19-14(22)15(16,17)18/h5-8H,3-4,9-10H2,1-2H3,(H,19,22). The van der Waals surface area contributed by atoms with Crippen molar-refractivity contribution >= 4 is 17.6 Å². The number of ether oxygens (including phenoxy) is 1. The van der Waals surface area contributed by atoms with Crippen molar-refractivity contribution in [2.45, 2.75) is 20.0 Å². The van der Waals surface area contributed by atoms with Gasteiger partial charge in [-0.1, -0.05) is 13.8 Å². The van der Waals surface area contributed by atoms with Gasteiger partial charge in [0.2, 0.25) is 0 Å². The van der Waals surface area contributed by atoms with Gasteiger partial charge in [0, 0.05) is 12.2 Å². The Morgan fingerprint density at radius 1 is 1.13 bits per heavy atom. The Hall–Kier alpha value is -2.09. The minimum atomic E-state index is -4.96. The molecular formula is C15H19F3N2O3. The number of rotatable bonds is 7. The number of hydrogen-bond donors (Lipinski definition) is 1. The Morgan fingerprint density at radius 2 is 1.70 bits per heavy atom. The van der Waals surface area contributed by atoms with Gasteiger partial charge < -0.3 is 15.0 Å². The summed E-state index contributed by atoms with van der Waals surface area (Å²) in [6.45, 7) is 6.54. The van der Waals surface area contributed by atoms with E-state index in [1.165, 1.54) is 24.3 Å². The van der Waals surface area contributed by atoms with Crippen LogP contribution in [0.1, 0.15) is 24.2 Å². The highest BCUT2D eigenvalue weighted by Gasteiger charge is 2.38. The molecule has 0 heterocycles. The molecule has 0 aromatic heterocycles. The van der Waals surface area contributed by atoms with Crippen molar-refractivity contribution < 1.29 is 27.5 Å². The Bertz CT molecular complexity index is 526. The quantitative estimate of drug-likeness (QED) is 0.780. The molecule has 1 amide bonds. The van der Waals surface area contributed by atoms with Crippen molar-refractivity contribution in [2.24, 2.45) is 0 Å². The van der Waals surface area contributed by atoms with E-state index in [-0.39, 0.29) is 17.9 Å². The molecule has 0 saturated carbocycles. The summed E-state index contributed by atoms with van der Waals surface area (Å²) in [6.07, 6.45) is -4.96. The Balaban J connectivity index is 2.52. The van der Waals surface area contributed by atoms with E-state index in [0.29, 0.717) is 6.54 Å². The fourth-order valence-corrected chi connectivity index (χ4v) is 1.78. The minimum Gasteiger partial charge on any atom is -0.461 e. The maximum atomic E-state index is 12.1. The second-order valence-electron chi connectivity index (χ2n) is 4.69. The summed E-state index contributed by atoms with van der Waals surface area (Å²) in [5.41, 5.74) is 0.154. The number of amides is 1. The lowest BCUT2D eigenvalue weighted by molar-refractivity contribution is -0.167. The van der Waals surface area contributed by atoms with E-state index in [0.717, 1.165) is 13.1 Å². The molecule has 8 heteroatoms. The molecule has 23 heavy (non-hydrogen) atoms. The first kappa shape index (κ1) is 19.0. The first-order valence-electron chi connectivity index (χ1n) is 7.15. The number of nitrogens with one attached hydrogen (secondary N) is 1. The van der Waals surface area contributed by atoms with Crippen LogP contribution in [0.5, 0.6) is 0 Å². The third kappa shape index (κ3) is 6.27. The summed E-state index contributed by atoms with van der Waals surface area (Å²) < 4.78 is 41.4. The fraction of sp³-hybridized carbons (Fsp3) is 0.467. The third-order valence-electron chi connectivity index (χ3n) is 3.17. The molecule has 5 nitrogen and oxygen atoms in total. The zero-order valence-electron chi connectivity index (χ0n) is 12.9. The zero-order chi connectivity index (χ0) is 17.5. The molecule has 0 saturated heterocycles. The van der Waals surface area contributed by atoms with Gasteiger partial charge in [-0.2, -0.15) is 13.2 Å². The van der Waals surface area contributed by atoms with Gasteiger partial charge >= 0.3 is 18.1 Å². The largest absolute Gasteiger partial charge is 0.471 e. The molecule has 0 aliphatic heterocycles. The number of carbonyl (C=O) groups excluding carboxylic acids is 2. The van der Waals surface area contributed by atoms with Crippen molar-refractivity contribution in [1.82, 2.24) is 4.90 Å². The minimum absolute atomic E-state index is 0.0491. The summed E-state index contributed by atoms with van der Waals surface area (Å²) in [5, 5.41) is 1.70. The van der Waals surface area contributed by atoms with Gasteiger partial charge in [-0.05, 0) is 37.4 Å². The molecule has 0 radical (unpaired) electrons. The Morgan fingerprint density at radius 3 is 2.17 bits per heavy atom. The predicted octanol–water partition coefficient (Wildman–Crippen LogP) is 2.69. The molecule has 1 aromatic rings. The zero-order valence-corrected chi connectivity index (χ0v) is 12.9. The maximum absolute atomic E-state index is 12.1. The van der Waals surface area contributed by atoms with E-state index < -0.39 is 18.1 Å². The molecule has 1 rings (SSSR count).